The van der Waals surface area contributed by atoms with E-state index in [2.05, 4.69) is 0 Å². The number of carbonyl (C=O) groups is 1. The Morgan fingerprint density at radius 1 is 1.14 bits per heavy atom. The van der Waals surface area contributed by atoms with Crippen molar-refractivity contribution < 1.29 is 18.0 Å². The number of benzene rings is 2. The number of oxazole rings is 1. The Hall–Kier alpha value is -3.06. The highest BCUT2D eigenvalue weighted by molar-refractivity contribution is 7.17. The van der Waals surface area contributed by atoms with Gasteiger partial charge in [0, 0.05) is 23.9 Å². The summed E-state index contributed by atoms with van der Waals surface area (Å²) in [5.74, 6) is -2.25. The van der Waals surface area contributed by atoms with Crippen LogP contribution < -0.4 is 5.76 Å². The summed E-state index contributed by atoms with van der Waals surface area (Å²) in [5, 5.41) is 0. The molecule has 0 aliphatic heterocycles. The number of aryl methyl sites for hydroxylation is 2. The Kier molecular flexibility index (Phi) is 4.47. The maximum atomic E-state index is 13.8. The molecule has 0 unspecified atom stereocenters. The highest BCUT2D eigenvalue weighted by Gasteiger charge is 2.18. The fraction of sp³-hybridized carbons (Fsp3) is 0.143. The second-order valence-electron chi connectivity index (χ2n) is 6.53. The van der Waals surface area contributed by atoms with Crippen molar-refractivity contribution in [3.8, 4) is 10.4 Å². The highest BCUT2D eigenvalue weighted by Crippen LogP contribution is 2.33. The van der Waals surface area contributed by atoms with Gasteiger partial charge in [-0.2, -0.15) is 0 Å². The minimum Gasteiger partial charge on any atom is -0.408 e. The Bertz CT molecular complexity index is 1260. The van der Waals surface area contributed by atoms with E-state index in [9.17, 15) is 18.4 Å². The average molecular weight is 399 g/mol. The molecule has 4 aromatic rings. The second kappa shape index (κ2) is 6.83. The molecule has 0 saturated carbocycles. The fourth-order valence-corrected chi connectivity index (χ4v) is 4.15. The van der Waals surface area contributed by atoms with E-state index < -0.39 is 17.4 Å². The van der Waals surface area contributed by atoms with Crippen molar-refractivity contribution in [2.75, 3.05) is 0 Å². The normalized spacial score (nSPS) is 11.3. The number of rotatable bonds is 4. The van der Waals surface area contributed by atoms with E-state index in [1.165, 1.54) is 22.0 Å². The quantitative estimate of drug-likeness (QED) is 0.460. The van der Waals surface area contributed by atoms with Crippen LogP contribution in [-0.4, -0.2) is 10.4 Å². The first-order chi connectivity index (χ1) is 13.3. The van der Waals surface area contributed by atoms with Crippen LogP contribution in [0.2, 0.25) is 0 Å². The summed E-state index contributed by atoms with van der Waals surface area (Å²) in [6.07, 6.45) is -0.341. The molecule has 0 atom stereocenters. The lowest BCUT2D eigenvalue weighted by molar-refractivity contribution is 0.0994. The third kappa shape index (κ3) is 3.07. The summed E-state index contributed by atoms with van der Waals surface area (Å²) < 4.78 is 34.2. The van der Waals surface area contributed by atoms with Gasteiger partial charge in [-0.1, -0.05) is 6.07 Å². The number of carbonyl (C=O) groups excluding carboxylic acids is 1. The Morgan fingerprint density at radius 2 is 1.86 bits per heavy atom. The van der Waals surface area contributed by atoms with Gasteiger partial charge in [0.1, 0.15) is 11.6 Å². The number of Topliss-reactive ketones (excluding diaryl/α,β-unsaturated/α-hetero) is 1. The second-order valence-corrected chi connectivity index (χ2v) is 7.61. The zero-order chi connectivity index (χ0) is 20.0. The van der Waals surface area contributed by atoms with E-state index in [-0.39, 0.29) is 17.8 Å². The molecule has 2 aromatic carbocycles. The summed E-state index contributed by atoms with van der Waals surface area (Å²) >= 11 is 1.25. The predicted molar refractivity (Wildman–Crippen MR) is 104 cm³/mol. The third-order valence-electron chi connectivity index (χ3n) is 4.68. The van der Waals surface area contributed by atoms with Crippen molar-refractivity contribution in [2.45, 2.75) is 13.3 Å². The maximum Gasteiger partial charge on any atom is 0.419 e. The van der Waals surface area contributed by atoms with Crippen molar-refractivity contribution in [1.29, 1.82) is 0 Å². The number of thiophene rings is 1. The number of hydrogen-bond donors (Lipinski definition) is 0. The summed E-state index contributed by atoms with van der Waals surface area (Å²) in [6.45, 7) is 1.89. The summed E-state index contributed by atoms with van der Waals surface area (Å²) in [5.41, 5.74) is 2.68. The van der Waals surface area contributed by atoms with Crippen molar-refractivity contribution in [3.63, 3.8) is 0 Å². The van der Waals surface area contributed by atoms with Gasteiger partial charge in [0.25, 0.3) is 0 Å². The predicted octanol–water partition coefficient (Wildman–Crippen LogP) is 4.87. The number of fused-ring (bicyclic) bond motifs is 1. The minimum atomic E-state index is -0.729. The standard InChI is InChI=1S/C21H15F2NO3S/c1-11-8-18-16(24(2)21(26)27-18)9-12(11)19-6-7-20(28-19)17(25)10-13-14(22)4-3-5-15(13)23/h3-9H,10H2,1-2H3. The first kappa shape index (κ1) is 18.3. The van der Waals surface area contributed by atoms with E-state index in [0.29, 0.717) is 16.0 Å². The molecule has 0 radical (unpaired) electrons. The van der Waals surface area contributed by atoms with Gasteiger partial charge in [-0.15, -0.1) is 11.3 Å². The van der Waals surface area contributed by atoms with Gasteiger partial charge in [-0.05, 0) is 54.4 Å². The van der Waals surface area contributed by atoms with Crippen molar-refractivity contribution in [1.82, 2.24) is 4.57 Å². The number of hydrogen-bond acceptors (Lipinski definition) is 4. The summed E-state index contributed by atoms with van der Waals surface area (Å²) in [7, 11) is 1.62. The van der Waals surface area contributed by atoms with Crippen LogP contribution in [0.5, 0.6) is 0 Å². The zero-order valence-electron chi connectivity index (χ0n) is 15.1. The molecule has 28 heavy (non-hydrogen) atoms. The van der Waals surface area contributed by atoms with Gasteiger partial charge in [0.05, 0.1) is 10.4 Å². The molecule has 2 heterocycles. The fourth-order valence-electron chi connectivity index (χ4n) is 3.12. The molecule has 0 N–H and O–H groups in total. The number of aromatic nitrogens is 1. The van der Waals surface area contributed by atoms with E-state index in [0.717, 1.165) is 28.1 Å². The monoisotopic (exact) mass is 399 g/mol. The average Bonchev–Trinajstić information content (AvgIpc) is 3.23. The summed E-state index contributed by atoms with van der Waals surface area (Å²) in [6, 6.07) is 10.6. The van der Waals surface area contributed by atoms with Gasteiger partial charge in [-0.3, -0.25) is 9.36 Å². The minimum absolute atomic E-state index is 0.228. The topological polar surface area (TPSA) is 52.2 Å². The molecule has 0 aliphatic carbocycles. The van der Waals surface area contributed by atoms with Crippen LogP contribution >= 0.6 is 11.3 Å². The largest absolute Gasteiger partial charge is 0.419 e. The van der Waals surface area contributed by atoms with Crippen LogP contribution in [0.4, 0.5) is 8.78 Å². The van der Waals surface area contributed by atoms with Crippen molar-refractivity contribution in [3.05, 3.63) is 80.7 Å². The van der Waals surface area contributed by atoms with E-state index in [1.54, 1.807) is 25.2 Å². The molecule has 4 rings (SSSR count). The van der Waals surface area contributed by atoms with Gasteiger partial charge < -0.3 is 4.42 Å². The van der Waals surface area contributed by atoms with E-state index >= 15 is 0 Å². The molecule has 0 saturated heterocycles. The lowest BCUT2D eigenvalue weighted by atomic mass is 10.1. The number of halogens is 2. The van der Waals surface area contributed by atoms with Crippen LogP contribution in [0.25, 0.3) is 21.5 Å². The molecule has 7 heteroatoms. The van der Waals surface area contributed by atoms with Crippen LogP contribution in [0.15, 0.2) is 51.7 Å². The lowest BCUT2D eigenvalue weighted by Gasteiger charge is -2.04. The third-order valence-corrected chi connectivity index (χ3v) is 5.84. The van der Waals surface area contributed by atoms with Crippen LogP contribution in [0, 0.1) is 18.6 Å². The van der Waals surface area contributed by atoms with Gasteiger partial charge in [0.15, 0.2) is 11.4 Å². The molecule has 0 amide bonds. The molecule has 0 fully saturated rings. The molecule has 0 aliphatic rings. The molecule has 142 valence electrons. The van der Waals surface area contributed by atoms with E-state index in [1.807, 2.05) is 13.0 Å². The van der Waals surface area contributed by atoms with Crippen molar-refractivity contribution >= 4 is 28.2 Å². The molecular weight excluding hydrogens is 384 g/mol. The highest BCUT2D eigenvalue weighted by atomic mass is 32.1. The summed E-state index contributed by atoms with van der Waals surface area (Å²) in [4.78, 5) is 25.5. The van der Waals surface area contributed by atoms with Crippen LogP contribution in [0.1, 0.15) is 20.8 Å². The first-order valence-corrected chi connectivity index (χ1v) is 9.33. The molecular formula is C21H15F2NO3S. The SMILES string of the molecule is Cc1cc2oc(=O)n(C)c2cc1-c1ccc(C(=O)Cc2c(F)cccc2F)s1. The Balaban J connectivity index is 1.69. The number of nitrogens with zero attached hydrogens (tertiary/aromatic N) is 1. The maximum absolute atomic E-state index is 13.8. The molecule has 2 aromatic heterocycles. The first-order valence-electron chi connectivity index (χ1n) is 8.51. The van der Waals surface area contributed by atoms with Crippen molar-refractivity contribution in [2.24, 2.45) is 7.05 Å². The van der Waals surface area contributed by atoms with Crippen LogP contribution in [-0.2, 0) is 13.5 Å². The lowest BCUT2D eigenvalue weighted by Crippen LogP contribution is -2.08. The Labute approximate surface area is 162 Å². The smallest absolute Gasteiger partial charge is 0.408 e. The Morgan fingerprint density at radius 3 is 2.57 bits per heavy atom. The number of ketones is 1. The molecule has 0 spiro atoms. The van der Waals surface area contributed by atoms with Gasteiger partial charge >= 0.3 is 5.76 Å². The van der Waals surface area contributed by atoms with Crippen LogP contribution in [0.3, 0.4) is 0 Å². The van der Waals surface area contributed by atoms with E-state index in [4.69, 9.17) is 4.42 Å². The van der Waals surface area contributed by atoms with Gasteiger partial charge in [0.2, 0.25) is 0 Å². The molecule has 0 bridgehead atoms. The molecule has 4 nitrogen and oxygen atoms in total. The van der Waals surface area contributed by atoms with Gasteiger partial charge in [-0.25, -0.2) is 13.6 Å². The zero-order valence-corrected chi connectivity index (χ0v) is 15.9.